The number of aromatic nitrogens is 2. The second kappa shape index (κ2) is 8.57. The van der Waals surface area contributed by atoms with Crippen LogP contribution in [-0.2, 0) is 4.79 Å². The molecule has 0 bridgehead atoms. The molecule has 1 aliphatic heterocycles. The summed E-state index contributed by atoms with van der Waals surface area (Å²) in [6.07, 6.45) is 3.10. The van der Waals surface area contributed by atoms with Crippen LogP contribution in [0.15, 0.2) is 63.7 Å². The maximum atomic E-state index is 12.9. The van der Waals surface area contributed by atoms with Gasteiger partial charge in [-0.2, -0.15) is 0 Å². The van der Waals surface area contributed by atoms with E-state index < -0.39 is 0 Å². The van der Waals surface area contributed by atoms with Gasteiger partial charge in [-0.05, 0) is 40.9 Å². The summed E-state index contributed by atoms with van der Waals surface area (Å²) in [5, 5.41) is 6.75. The van der Waals surface area contributed by atoms with Crippen molar-refractivity contribution in [3.63, 3.8) is 0 Å². The van der Waals surface area contributed by atoms with E-state index in [1.165, 1.54) is 0 Å². The Kier molecular flexibility index (Phi) is 5.71. The summed E-state index contributed by atoms with van der Waals surface area (Å²) >= 11 is 3.32. The number of hydrogen-bond acceptors (Lipinski definition) is 5. The zero-order valence-corrected chi connectivity index (χ0v) is 17.1. The SMILES string of the molecule is O=C(Nc1ccc(Br)cn1)C1CCCN(C(=O)c2cc(-c3ccccc3)on2)C1. The van der Waals surface area contributed by atoms with Gasteiger partial charge in [0.05, 0.1) is 5.92 Å². The lowest BCUT2D eigenvalue weighted by Crippen LogP contribution is -2.43. The number of carbonyl (C=O) groups is 2. The van der Waals surface area contributed by atoms with Gasteiger partial charge < -0.3 is 14.7 Å². The van der Waals surface area contributed by atoms with Crippen LogP contribution in [0.2, 0.25) is 0 Å². The van der Waals surface area contributed by atoms with Gasteiger partial charge in [0.15, 0.2) is 11.5 Å². The van der Waals surface area contributed by atoms with Gasteiger partial charge in [-0.1, -0.05) is 35.5 Å². The van der Waals surface area contributed by atoms with Crippen molar-refractivity contribution in [1.29, 1.82) is 0 Å². The van der Waals surface area contributed by atoms with Gasteiger partial charge in [0, 0.05) is 35.4 Å². The van der Waals surface area contributed by atoms with E-state index >= 15 is 0 Å². The fourth-order valence-electron chi connectivity index (χ4n) is 3.33. The smallest absolute Gasteiger partial charge is 0.276 e. The van der Waals surface area contributed by atoms with Gasteiger partial charge >= 0.3 is 0 Å². The van der Waals surface area contributed by atoms with Crippen molar-refractivity contribution in [2.75, 3.05) is 18.4 Å². The maximum Gasteiger partial charge on any atom is 0.276 e. The van der Waals surface area contributed by atoms with Crippen LogP contribution >= 0.6 is 15.9 Å². The average molecular weight is 455 g/mol. The summed E-state index contributed by atoms with van der Waals surface area (Å²) in [5.74, 6) is 0.378. The molecule has 2 amide bonds. The van der Waals surface area contributed by atoms with Crippen molar-refractivity contribution in [2.45, 2.75) is 12.8 Å². The molecule has 1 N–H and O–H groups in total. The molecule has 1 unspecified atom stereocenters. The van der Waals surface area contributed by atoms with Crippen LogP contribution in [0.25, 0.3) is 11.3 Å². The molecule has 1 aromatic carbocycles. The first-order chi connectivity index (χ1) is 14.1. The van der Waals surface area contributed by atoms with Crippen LogP contribution in [0.1, 0.15) is 23.3 Å². The fourth-order valence-corrected chi connectivity index (χ4v) is 3.56. The lowest BCUT2D eigenvalue weighted by Gasteiger charge is -2.31. The molecular formula is C21H19BrN4O3. The lowest BCUT2D eigenvalue weighted by atomic mass is 9.97. The van der Waals surface area contributed by atoms with E-state index in [1.54, 1.807) is 23.2 Å². The molecule has 1 atom stereocenters. The first-order valence-electron chi connectivity index (χ1n) is 9.34. The maximum absolute atomic E-state index is 12.9. The third-order valence-corrected chi connectivity index (χ3v) is 5.31. The van der Waals surface area contributed by atoms with E-state index in [9.17, 15) is 9.59 Å². The van der Waals surface area contributed by atoms with Crippen LogP contribution in [0.3, 0.4) is 0 Å². The van der Waals surface area contributed by atoms with Crippen LogP contribution in [-0.4, -0.2) is 39.9 Å². The van der Waals surface area contributed by atoms with Crippen molar-refractivity contribution >= 4 is 33.6 Å². The molecule has 1 fully saturated rings. The molecular weight excluding hydrogens is 436 g/mol. The molecule has 0 spiro atoms. The number of rotatable bonds is 4. The Morgan fingerprint density at radius 3 is 2.76 bits per heavy atom. The normalized spacial score (nSPS) is 16.4. The summed E-state index contributed by atoms with van der Waals surface area (Å²) < 4.78 is 6.18. The van der Waals surface area contributed by atoms with Gasteiger partial charge in [-0.15, -0.1) is 0 Å². The number of carbonyl (C=O) groups excluding carboxylic acids is 2. The van der Waals surface area contributed by atoms with Gasteiger partial charge in [0.25, 0.3) is 5.91 Å². The molecule has 0 radical (unpaired) electrons. The second-order valence-corrected chi connectivity index (χ2v) is 7.80. The first-order valence-corrected chi connectivity index (χ1v) is 10.1. The quantitative estimate of drug-likeness (QED) is 0.643. The highest BCUT2D eigenvalue weighted by Crippen LogP contribution is 2.23. The lowest BCUT2D eigenvalue weighted by molar-refractivity contribution is -0.121. The summed E-state index contributed by atoms with van der Waals surface area (Å²) in [5.41, 5.74) is 1.11. The van der Waals surface area contributed by atoms with Crippen LogP contribution in [0, 0.1) is 5.92 Å². The van der Waals surface area contributed by atoms with Gasteiger partial charge in [0.2, 0.25) is 5.91 Å². The second-order valence-electron chi connectivity index (χ2n) is 6.88. The van der Waals surface area contributed by atoms with Gasteiger partial charge in [0.1, 0.15) is 5.82 Å². The molecule has 1 aliphatic rings. The number of benzene rings is 1. The first kappa shape index (κ1) is 19.3. The highest BCUT2D eigenvalue weighted by atomic mass is 79.9. The van der Waals surface area contributed by atoms with Crippen molar-refractivity contribution in [2.24, 2.45) is 5.92 Å². The number of amides is 2. The molecule has 3 aromatic rings. The minimum atomic E-state index is -0.293. The minimum absolute atomic E-state index is 0.137. The number of likely N-dealkylation sites (tertiary alicyclic amines) is 1. The fraction of sp³-hybridized carbons (Fsp3) is 0.238. The Balaban J connectivity index is 1.41. The molecule has 0 saturated carbocycles. The molecule has 2 aromatic heterocycles. The standard InChI is InChI=1S/C21H19BrN4O3/c22-16-8-9-19(23-12-16)24-20(27)15-7-4-10-26(13-15)21(28)17-11-18(29-25-17)14-5-2-1-3-6-14/h1-3,5-6,8-9,11-12,15H,4,7,10,13H2,(H,23,24,27). The molecule has 7 nitrogen and oxygen atoms in total. The third-order valence-electron chi connectivity index (χ3n) is 4.85. The number of anilines is 1. The molecule has 148 valence electrons. The highest BCUT2D eigenvalue weighted by Gasteiger charge is 2.30. The summed E-state index contributed by atoms with van der Waals surface area (Å²) in [4.78, 5) is 31.3. The monoisotopic (exact) mass is 454 g/mol. The minimum Gasteiger partial charge on any atom is -0.355 e. The van der Waals surface area contributed by atoms with E-state index in [1.807, 2.05) is 36.4 Å². The molecule has 8 heteroatoms. The number of pyridine rings is 1. The summed E-state index contributed by atoms with van der Waals surface area (Å²) in [6.45, 7) is 0.932. The third kappa shape index (κ3) is 4.54. The zero-order chi connectivity index (χ0) is 20.2. The number of nitrogens with one attached hydrogen (secondary N) is 1. The Bertz CT molecular complexity index is 1000. The summed E-state index contributed by atoms with van der Waals surface area (Å²) in [6, 6.07) is 14.7. The average Bonchev–Trinajstić information content (AvgIpc) is 3.26. The van der Waals surface area contributed by atoms with E-state index in [-0.39, 0.29) is 23.4 Å². The van der Waals surface area contributed by atoms with Crippen molar-refractivity contribution in [3.8, 4) is 11.3 Å². The van der Waals surface area contributed by atoms with E-state index in [2.05, 4.69) is 31.4 Å². The summed E-state index contributed by atoms with van der Waals surface area (Å²) in [7, 11) is 0. The molecule has 29 heavy (non-hydrogen) atoms. The van der Waals surface area contributed by atoms with Crippen LogP contribution < -0.4 is 5.32 Å². The van der Waals surface area contributed by atoms with Gasteiger partial charge in [-0.3, -0.25) is 9.59 Å². The molecule has 0 aliphatic carbocycles. The van der Waals surface area contributed by atoms with Gasteiger partial charge in [-0.25, -0.2) is 4.98 Å². The predicted octanol–water partition coefficient (Wildman–Crippen LogP) is 3.99. The Hall–Kier alpha value is -3.00. The van der Waals surface area contributed by atoms with E-state index in [0.29, 0.717) is 24.7 Å². The number of halogens is 1. The van der Waals surface area contributed by atoms with E-state index in [0.717, 1.165) is 22.9 Å². The van der Waals surface area contributed by atoms with Crippen molar-refractivity contribution in [3.05, 3.63) is 64.9 Å². The largest absolute Gasteiger partial charge is 0.355 e. The Morgan fingerprint density at radius 2 is 2.00 bits per heavy atom. The topological polar surface area (TPSA) is 88.3 Å². The molecule has 3 heterocycles. The molecule has 1 saturated heterocycles. The van der Waals surface area contributed by atoms with E-state index in [4.69, 9.17) is 4.52 Å². The van der Waals surface area contributed by atoms with Crippen LogP contribution in [0.5, 0.6) is 0 Å². The van der Waals surface area contributed by atoms with Crippen molar-refractivity contribution < 1.29 is 14.1 Å². The van der Waals surface area contributed by atoms with Crippen molar-refractivity contribution in [1.82, 2.24) is 15.0 Å². The Morgan fingerprint density at radius 1 is 1.17 bits per heavy atom. The predicted molar refractivity (Wildman–Crippen MR) is 111 cm³/mol. The number of piperidine rings is 1. The Labute approximate surface area is 176 Å². The number of hydrogen-bond donors (Lipinski definition) is 1. The highest BCUT2D eigenvalue weighted by molar-refractivity contribution is 9.10. The van der Waals surface area contributed by atoms with Crippen LogP contribution in [0.4, 0.5) is 5.82 Å². The zero-order valence-electron chi connectivity index (χ0n) is 15.5. The molecule has 4 rings (SSSR count). The number of nitrogens with zero attached hydrogens (tertiary/aromatic N) is 3.